The van der Waals surface area contributed by atoms with Crippen LogP contribution in [0.5, 0.6) is 5.75 Å². The topological polar surface area (TPSA) is 84.5 Å². The lowest BCUT2D eigenvalue weighted by Gasteiger charge is -2.10. The van der Waals surface area contributed by atoms with Crippen LogP contribution in [0.1, 0.15) is 10.4 Å². The van der Waals surface area contributed by atoms with E-state index in [0.29, 0.717) is 22.0 Å². The van der Waals surface area contributed by atoms with Crippen molar-refractivity contribution in [1.29, 1.82) is 0 Å². The van der Waals surface area contributed by atoms with Crippen LogP contribution in [0.15, 0.2) is 77.7 Å². The molecule has 0 heterocycles. The number of sulfonamides is 1. The van der Waals surface area contributed by atoms with Crippen molar-refractivity contribution in [3.63, 3.8) is 0 Å². The quantitative estimate of drug-likeness (QED) is 0.623. The normalized spacial score (nSPS) is 10.9. The molecule has 0 fully saturated rings. The van der Waals surface area contributed by atoms with Gasteiger partial charge in [0.1, 0.15) is 5.75 Å². The van der Waals surface area contributed by atoms with E-state index in [1.165, 1.54) is 37.4 Å². The van der Waals surface area contributed by atoms with Gasteiger partial charge in [-0.2, -0.15) is 0 Å². The van der Waals surface area contributed by atoms with Crippen LogP contribution in [0.25, 0.3) is 0 Å². The molecule has 144 valence electrons. The summed E-state index contributed by atoms with van der Waals surface area (Å²) in [5.41, 5.74) is 1.14. The van der Waals surface area contributed by atoms with Gasteiger partial charge in [-0.3, -0.25) is 9.52 Å². The molecule has 0 aliphatic carbocycles. The van der Waals surface area contributed by atoms with Crippen LogP contribution in [-0.4, -0.2) is 21.4 Å². The van der Waals surface area contributed by atoms with Crippen LogP contribution >= 0.6 is 11.6 Å². The van der Waals surface area contributed by atoms with Gasteiger partial charge in [-0.05, 0) is 54.6 Å². The standard InChI is InChI=1S/C20H17ClN2O4S/c1-27-18-7-3-5-16(13-18)22-20(24)14-4-2-6-17(12-14)23-28(25,26)19-10-8-15(21)9-11-19/h2-13,23H,1H3,(H,22,24). The first-order chi connectivity index (χ1) is 13.4. The number of methoxy groups -OCH3 is 1. The van der Waals surface area contributed by atoms with Crippen LogP contribution < -0.4 is 14.8 Å². The molecule has 2 N–H and O–H groups in total. The van der Waals surface area contributed by atoms with Crippen LogP contribution in [0, 0.1) is 0 Å². The molecule has 0 atom stereocenters. The molecule has 0 saturated heterocycles. The van der Waals surface area contributed by atoms with Crippen molar-refractivity contribution in [1.82, 2.24) is 0 Å². The molecule has 0 aliphatic heterocycles. The zero-order valence-corrected chi connectivity index (χ0v) is 16.4. The van der Waals surface area contributed by atoms with Crippen LogP contribution in [0.4, 0.5) is 11.4 Å². The zero-order valence-electron chi connectivity index (χ0n) is 14.8. The number of benzene rings is 3. The predicted octanol–water partition coefficient (Wildman–Crippen LogP) is 4.40. The lowest BCUT2D eigenvalue weighted by Crippen LogP contribution is -2.15. The molecule has 3 aromatic carbocycles. The molecule has 0 aromatic heterocycles. The smallest absolute Gasteiger partial charge is 0.261 e. The highest BCUT2D eigenvalue weighted by molar-refractivity contribution is 7.92. The van der Waals surface area contributed by atoms with Gasteiger partial charge in [0, 0.05) is 28.0 Å². The minimum absolute atomic E-state index is 0.0723. The van der Waals surface area contributed by atoms with Crippen LogP contribution in [-0.2, 0) is 10.0 Å². The Balaban J connectivity index is 1.77. The van der Waals surface area contributed by atoms with Crippen molar-refractivity contribution in [3.8, 4) is 5.75 Å². The summed E-state index contributed by atoms with van der Waals surface area (Å²) < 4.78 is 32.6. The Morgan fingerprint density at radius 1 is 0.929 bits per heavy atom. The molecule has 0 radical (unpaired) electrons. The Kier molecular flexibility index (Phi) is 5.87. The molecule has 0 saturated carbocycles. The van der Waals surface area contributed by atoms with E-state index >= 15 is 0 Å². The van der Waals surface area contributed by atoms with Gasteiger partial charge >= 0.3 is 0 Å². The molecule has 3 rings (SSSR count). The highest BCUT2D eigenvalue weighted by Gasteiger charge is 2.15. The van der Waals surface area contributed by atoms with Gasteiger partial charge in [0.2, 0.25) is 0 Å². The second-order valence-corrected chi connectivity index (χ2v) is 7.95. The Morgan fingerprint density at radius 3 is 2.32 bits per heavy atom. The van der Waals surface area contributed by atoms with Gasteiger partial charge in [0.15, 0.2) is 0 Å². The van der Waals surface area contributed by atoms with Gasteiger partial charge in [-0.25, -0.2) is 8.42 Å². The number of nitrogens with one attached hydrogen (secondary N) is 2. The number of hydrogen-bond acceptors (Lipinski definition) is 4. The Bertz CT molecular complexity index is 1100. The third-order valence-corrected chi connectivity index (χ3v) is 5.48. The number of hydrogen-bond donors (Lipinski definition) is 2. The molecule has 6 nitrogen and oxygen atoms in total. The first kappa shape index (κ1) is 19.7. The summed E-state index contributed by atoms with van der Waals surface area (Å²) in [6, 6.07) is 19.0. The van der Waals surface area contributed by atoms with Crippen molar-refractivity contribution in [2.75, 3.05) is 17.1 Å². The third kappa shape index (κ3) is 4.82. The number of halogens is 1. The van der Waals surface area contributed by atoms with E-state index in [1.807, 2.05) is 0 Å². The molecule has 28 heavy (non-hydrogen) atoms. The fourth-order valence-corrected chi connectivity index (χ4v) is 3.63. The average molecular weight is 417 g/mol. The summed E-state index contributed by atoms with van der Waals surface area (Å²) in [5.74, 6) is 0.239. The SMILES string of the molecule is COc1cccc(NC(=O)c2cccc(NS(=O)(=O)c3ccc(Cl)cc3)c2)c1. The van der Waals surface area contributed by atoms with E-state index in [9.17, 15) is 13.2 Å². The molecule has 0 unspecified atom stereocenters. The lowest BCUT2D eigenvalue weighted by atomic mass is 10.2. The maximum absolute atomic E-state index is 12.5. The van der Waals surface area contributed by atoms with Gasteiger partial charge in [0.25, 0.3) is 15.9 Å². The fourth-order valence-electron chi connectivity index (χ4n) is 2.46. The zero-order chi connectivity index (χ0) is 20.1. The van der Waals surface area contributed by atoms with E-state index < -0.39 is 10.0 Å². The largest absolute Gasteiger partial charge is 0.497 e. The minimum Gasteiger partial charge on any atom is -0.497 e. The Labute approximate surface area is 168 Å². The second-order valence-electron chi connectivity index (χ2n) is 5.83. The van der Waals surface area contributed by atoms with Crippen molar-refractivity contribution in [2.45, 2.75) is 4.90 Å². The average Bonchev–Trinajstić information content (AvgIpc) is 2.68. The van der Waals surface area contributed by atoms with Gasteiger partial charge < -0.3 is 10.1 Å². The second kappa shape index (κ2) is 8.33. The van der Waals surface area contributed by atoms with Crippen molar-refractivity contribution in [2.24, 2.45) is 0 Å². The van der Waals surface area contributed by atoms with E-state index in [0.717, 1.165) is 0 Å². The van der Waals surface area contributed by atoms with Gasteiger partial charge in [-0.15, -0.1) is 0 Å². The Hall–Kier alpha value is -3.03. The molecule has 0 spiro atoms. The van der Waals surface area contributed by atoms with Crippen molar-refractivity contribution >= 4 is 38.9 Å². The summed E-state index contributed by atoms with van der Waals surface area (Å²) in [7, 11) is -2.26. The highest BCUT2D eigenvalue weighted by Crippen LogP contribution is 2.21. The number of ether oxygens (including phenoxy) is 1. The molecule has 0 aliphatic rings. The summed E-state index contributed by atoms with van der Waals surface area (Å²) in [6.45, 7) is 0. The maximum Gasteiger partial charge on any atom is 0.261 e. The number of carbonyl (C=O) groups excluding carboxylic acids is 1. The predicted molar refractivity (Wildman–Crippen MR) is 110 cm³/mol. The first-order valence-electron chi connectivity index (χ1n) is 8.21. The van der Waals surface area contributed by atoms with Gasteiger partial charge in [-0.1, -0.05) is 23.7 Å². The van der Waals surface area contributed by atoms with E-state index in [1.54, 1.807) is 42.5 Å². The van der Waals surface area contributed by atoms with E-state index in [4.69, 9.17) is 16.3 Å². The Morgan fingerprint density at radius 2 is 1.61 bits per heavy atom. The number of rotatable bonds is 6. The monoisotopic (exact) mass is 416 g/mol. The third-order valence-electron chi connectivity index (χ3n) is 3.83. The molecular weight excluding hydrogens is 400 g/mol. The summed E-state index contributed by atoms with van der Waals surface area (Å²) >= 11 is 5.80. The van der Waals surface area contributed by atoms with Crippen molar-refractivity contribution in [3.05, 3.63) is 83.4 Å². The number of amides is 1. The molecule has 3 aromatic rings. The minimum atomic E-state index is -3.80. The maximum atomic E-state index is 12.5. The lowest BCUT2D eigenvalue weighted by molar-refractivity contribution is 0.102. The molecule has 8 heteroatoms. The molecule has 0 bridgehead atoms. The summed E-state index contributed by atoms with van der Waals surface area (Å²) in [5, 5.41) is 3.19. The van der Waals surface area contributed by atoms with Crippen LogP contribution in [0.2, 0.25) is 5.02 Å². The summed E-state index contributed by atoms with van der Waals surface area (Å²) in [4.78, 5) is 12.6. The first-order valence-corrected chi connectivity index (χ1v) is 10.1. The number of carbonyl (C=O) groups is 1. The van der Waals surface area contributed by atoms with Crippen molar-refractivity contribution < 1.29 is 17.9 Å². The highest BCUT2D eigenvalue weighted by atomic mass is 35.5. The van der Waals surface area contributed by atoms with Gasteiger partial charge in [0.05, 0.1) is 12.0 Å². The molecular formula is C20H17ClN2O4S. The van der Waals surface area contributed by atoms with Crippen LogP contribution in [0.3, 0.4) is 0 Å². The van der Waals surface area contributed by atoms with E-state index in [-0.39, 0.29) is 16.5 Å². The number of anilines is 2. The molecule has 1 amide bonds. The fraction of sp³-hybridized carbons (Fsp3) is 0.0500. The summed E-state index contributed by atoms with van der Waals surface area (Å²) in [6.07, 6.45) is 0. The van der Waals surface area contributed by atoms with E-state index in [2.05, 4.69) is 10.0 Å².